The van der Waals surface area contributed by atoms with E-state index in [2.05, 4.69) is 5.32 Å². The van der Waals surface area contributed by atoms with Crippen LogP contribution in [0.4, 0.5) is 4.39 Å². The minimum Gasteiger partial charge on any atom is -0.481 e. The predicted octanol–water partition coefficient (Wildman–Crippen LogP) is 0.861. The van der Waals surface area contributed by atoms with Gasteiger partial charge < -0.3 is 15.3 Å². The summed E-state index contributed by atoms with van der Waals surface area (Å²) in [6.07, 6.45) is 0.509. The maximum atomic E-state index is 12.9. The molecule has 0 aromatic heterocycles. The molecule has 0 bridgehead atoms. The van der Waals surface area contributed by atoms with Crippen molar-refractivity contribution in [2.75, 3.05) is 18.1 Å². The van der Waals surface area contributed by atoms with Gasteiger partial charge in [0.05, 0.1) is 11.5 Å². The van der Waals surface area contributed by atoms with Crippen LogP contribution < -0.4 is 5.32 Å². The van der Waals surface area contributed by atoms with E-state index in [1.807, 2.05) is 0 Å². The summed E-state index contributed by atoms with van der Waals surface area (Å²) in [6.45, 7) is 0.892. The molecule has 1 unspecified atom stereocenters. The number of halogens is 1. The minimum absolute atomic E-state index is 0.00798. The SMILES string of the molecule is O=C(O)CSCC(=O)NC1CCN(Cc2ccc(F)cc2)C1=O. The number of rotatable bonds is 7. The quantitative estimate of drug-likeness (QED) is 0.769. The van der Waals surface area contributed by atoms with Crippen LogP contribution in [0.15, 0.2) is 24.3 Å². The second kappa shape index (κ2) is 7.96. The van der Waals surface area contributed by atoms with Gasteiger partial charge in [0.15, 0.2) is 0 Å². The molecule has 1 aliphatic heterocycles. The van der Waals surface area contributed by atoms with Crippen molar-refractivity contribution in [2.45, 2.75) is 19.0 Å². The van der Waals surface area contributed by atoms with Crippen LogP contribution >= 0.6 is 11.8 Å². The summed E-state index contributed by atoms with van der Waals surface area (Å²) in [6, 6.07) is 5.35. The second-order valence-corrected chi connectivity index (χ2v) is 6.17. The standard InChI is InChI=1S/C15H17FN2O4S/c16-11-3-1-10(2-4-11)7-18-6-5-12(15(18)22)17-13(19)8-23-9-14(20)21/h1-4,12H,5-9H2,(H,17,19)(H,20,21). The number of hydrogen-bond acceptors (Lipinski definition) is 4. The summed E-state index contributed by atoms with van der Waals surface area (Å²) < 4.78 is 12.9. The molecule has 1 aliphatic rings. The number of carboxylic acids is 1. The number of amides is 2. The number of benzene rings is 1. The van der Waals surface area contributed by atoms with E-state index in [1.54, 1.807) is 17.0 Å². The Balaban J connectivity index is 1.80. The Hall–Kier alpha value is -2.09. The Bertz CT molecular complexity index is 594. The van der Waals surface area contributed by atoms with Crippen molar-refractivity contribution in [1.29, 1.82) is 0 Å². The Kier molecular flexibility index (Phi) is 5.97. The molecule has 1 saturated heterocycles. The molecule has 1 aromatic rings. The van der Waals surface area contributed by atoms with E-state index in [0.29, 0.717) is 19.5 Å². The average Bonchev–Trinajstić information content (AvgIpc) is 2.82. The van der Waals surface area contributed by atoms with Crippen molar-refractivity contribution < 1.29 is 23.9 Å². The van der Waals surface area contributed by atoms with Gasteiger partial charge in [-0.2, -0.15) is 0 Å². The molecule has 23 heavy (non-hydrogen) atoms. The molecule has 0 spiro atoms. The summed E-state index contributed by atoms with van der Waals surface area (Å²) in [7, 11) is 0. The van der Waals surface area contributed by atoms with Crippen molar-refractivity contribution in [2.24, 2.45) is 0 Å². The summed E-state index contributed by atoms with van der Waals surface area (Å²) in [5.41, 5.74) is 0.823. The molecule has 124 valence electrons. The Labute approximate surface area is 137 Å². The van der Waals surface area contributed by atoms with Crippen molar-refractivity contribution in [3.63, 3.8) is 0 Å². The molecular formula is C15H17FN2O4S. The molecule has 1 heterocycles. The number of carboxylic acid groups (broad SMARTS) is 1. The van der Waals surface area contributed by atoms with Crippen LogP contribution in [-0.2, 0) is 20.9 Å². The van der Waals surface area contributed by atoms with Gasteiger partial charge in [-0.25, -0.2) is 4.39 Å². The second-order valence-electron chi connectivity index (χ2n) is 5.18. The number of thioether (sulfide) groups is 1. The monoisotopic (exact) mass is 340 g/mol. The van der Waals surface area contributed by atoms with E-state index in [9.17, 15) is 18.8 Å². The largest absolute Gasteiger partial charge is 0.481 e. The zero-order valence-corrected chi connectivity index (χ0v) is 13.1. The number of nitrogens with zero attached hydrogens (tertiary/aromatic N) is 1. The molecule has 8 heteroatoms. The lowest BCUT2D eigenvalue weighted by Gasteiger charge is -2.17. The minimum atomic E-state index is -0.981. The average molecular weight is 340 g/mol. The zero-order valence-electron chi connectivity index (χ0n) is 12.3. The first-order valence-electron chi connectivity index (χ1n) is 7.08. The highest BCUT2D eigenvalue weighted by molar-refractivity contribution is 8.00. The van der Waals surface area contributed by atoms with Crippen LogP contribution in [-0.4, -0.2) is 51.9 Å². The fourth-order valence-electron chi connectivity index (χ4n) is 2.31. The van der Waals surface area contributed by atoms with E-state index in [1.165, 1.54) is 12.1 Å². The Morgan fingerprint density at radius 2 is 2.00 bits per heavy atom. The number of nitrogens with one attached hydrogen (secondary N) is 1. The summed E-state index contributed by atoms with van der Waals surface area (Å²) >= 11 is 0.987. The van der Waals surface area contributed by atoms with E-state index >= 15 is 0 Å². The van der Waals surface area contributed by atoms with Crippen LogP contribution in [0.2, 0.25) is 0 Å². The topological polar surface area (TPSA) is 86.7 Å². The van der Waals surface area contributed by atoms with Crippen molar-refractivity contribution in [1.82, 2.24) is 10.2 Å². The lowest BCUT2D eigenvalue weighted by Crippen LogP contribution is -2.42. The number of hydrogen-bond donors (Lipinski definition) is 2. The molecule has 1 fully saturated rings. The lowest BCUT2D eigenvalue weighted by molar-refractivity contribution is -0.134. The molecule has 2 amide bonds. The van der Waals surface area contributed by atoms with Crippen LogP contribution in [0.3, 0.4) is 0 Å². The summed E-state index contributed by atoms with van der Waals surface area (Å²) in [4.78, 5) is 35.9. The summed E-state index contributed by atoms with van der Waals surface area (Å²) in [5.74, 6) is -1.98. The fraction of sp³-hybridized carbons (Fsp3) is 0.400. The van der Waals surface area contributed by atoms with E-state index in [4.69, 9.17) is 5.11 Å². The fourth-order valence-corrected chi connectivity index (χ4v) is 2.85. The maximum absolute atomic E-state index is 12.9. The number of aliphatic carboxylic acids is 1. The van der Waals surface area contributed by atoms with Crippen LogP contribution in [0.1, 0.15) is 12.0 Å². The smallest absolute Gasteiger partial charge is 0.313 e. The van der Waals surface area contributed by atoms with Gasteiger partial charge in [-0.15, -0.1) is 11.8 Å². The normalized spacial score (nSPS) is 17.3. The highest BCUT2D eigenvalue weighted by Gasteiger charge is 2.32. The molecule has 0 radical (unpaired) electrons. The van der Waals surface area contributed by atoms with Gasteiger partial charge in [0.2, 0.25) is 11.8 Å². The molecule has 1 aromatic carbocycles. The van der Waals surface area contributed by atoms with E-state index in [0.717, 1.165) is 17.3 Å². The first-order chi connectivity index (χ1) is 11.0. The molecule has 0 aliphatic carbocycles. The lowest BCUT2D eigenvalue weighted by atomic mass is 10.2. The van der Waals surface area contributed by atoms with Crippen LogP contribution in [0, 0.1) is 5.82 Å². The molecule has 1 atom stereocenters. The van der Waals surface area contributed by atoms with Gasteiger partial charge >= 0.3 is 5.97 Å². The van der Waals surface area contributed by atoms with Gasteiger partial charge in [0, 0.05) is 13.1 Å². The van der Waals surface area contributed by atoms with E-state index < -0.39 is 12.0 Å². The highest BCUT2D eigenvalue weighted by Crippen LogP contribution is 2.16. The first kappa shape index (κ1) is 17.3. The van der Waals surface area contributed by atoms with Gasteiger partial charge in [0.1, 0.15) is 11.9 Å². The number of carbonyl (C=O) groups excluding carboxylic acids is 2. The highest BCUT2D eigenvalue weighted by atomic mass is 32.2. The molecular weight excluding hydrogens is 323 g/mol. The molecule has 6 nitrogen and oxygen atoms in total. The summed E-state index contributed by atoms with van der Waals surface area (Å²) in [5, 5.41) is 11.1. The predicted molar refractivity (Wildman–Crippen MR) is 83.3 cm³/mol. The third-order valence-electron chi connectivity index (χ3n) is 3.38. The van der Waals surface area contributed by atoms with Crippen molar-refractivity contribution in [3.8, 4) is 0 Å². The zero-order chi connectivity index (χ0) is 16.8. The van der Waals surface area contributed by atoms with Gasteiger partial charge in [-0.3, -0.25) is 14.4 Å². The van der Waals surface area contributed by atoms with Crippen LogP contribution in [0.5, 0.6) is 0 Å². The number of likely N-dealkylation sites (tertiary alicyclic amines) is 1. The van der Waals surface area contributed by atoms with Crippen LogP contribution in [0.25, 0.3) is 0 Å². The maximum Gasteiger partial charge on any atom is 0.313 e. The van der Waals surface area contributed by atoms with Gasteiger partial charge in [0.25, 0.3) is 0 Å². The molecule has 2 N–H and O–H groups in total. The molecule has 2 rings (SSSR count). The molecule has 0 saturated carbocycles. The van der Waals surface area contributed by atoms with Crippen molar-refractivity contribution >= 4 is 29.5 Å². The first-order valence-corrected chi connectivity index (χ1v) is 8.23. The Morgan fingerprint density at radius 1 is 1.30 bits per heavy atom. The van der Waals surface area contributed by atoms with Gasteiger partial charge in [-0.05, 0) is 24.1 Å². The van der Waals surface area contributed by atoms with Crippen molar-refractivity contribution in [3.05, 3.63) is 35.6 Å². The van der Waals surface area contributed by atoms with Gasteiger partial charge in [-0.1, -0.05) is 12.1 Å². The Morgan fingerprint density at radius 3 is 2.65 bits per heavy atom. The third-order valence-corrected chi connectivity index (χ3v) is 4.30. The third kappa shape index (κ3) is 5.24. The number of carbonyl (C=O) groups is 3. The van der Waals surface area contributed by atoms with E-state index in [-0.39, 0.29) is 29.1 Å².